The molecule has 1 heterocycles. The summed E-state index contributed by atoms with van der Waals surface area (Å²) in [5.74, 6) is -3.87. The first-order valence-corrected chi connectivity index (χ1v) is 5.71. The Kier molecular flexibility index (Phi) is 2.78. The maximum atomic E-state index is 13.1. The lowest BCUT2D eigenvalue weighted by Crippen LogP contribution is -2.26. The van der Waals surface area contributed by atoms with Crippen molar-refractivity contribution in [2.45, 2.75) is 24.9 Å². The number of nitrogens with zero attached hydrogens (tertiary/aromatic N) is 2. The minimum atomic E-state index is -1.53. The largest absolute Gasteiger partial charge is 0.393 e. The van der Waals surface area contributed by atoms with E-state index < -0.39 is 17.5 Å². The molecule has 7 heteroatoms. The Balaban J connectivity index is 1.90. The molecule has 1 saturated carbocycles. The van der Waals surface area contributed by atoms with Crippen LogP contribution in [0, 0.1) is 17.5 Å². The topological polar surface area (TPSA) is 59.2 Å². The number of halogens is 3. The first-order chi connectivity index (χ1) is 9.04. The van der Waals surface area contributed by atoms with E-state index >= 15 is 0 Å². The van der Waals surface area contributed by atoms with Crippen molar-refractivity contribution >= 4 is 0 Å². The molecule has 2 aromatic rings. The molecule has 0 bridgehead atoms. The Morgan fingerprint density at radius 1 is 1.16 bits per heavy atom. The Hall–Kier alpha value is -1.89. The predicted octanol–water partition coefficient (Wildman–Crippen LogP) is 2.39. The highest BCUT2D eigenvalue weighted by Gasteiger charge is 2.33. The summed E-state index contributed by atoms with van der Waals surface area (Å²) in [4.78, 5) is 4.00. The van der Waals surface area contributed by atoms with Crippen molar-refractivity contribution in [1.82, 2.24) is 10.1 Å². The fourth-order valence-corrected chi connectivity index (χ4v) is 1.99. The Morgan fingerprint density at radius 2 is 1.79 bits per heavy atom. The maximum Gasteiger partial charge on any atom is 0.230 e. The molecule has 1 fully saturated rings. The van der Waals surface area contributed by atoms with Crippen molar-refractivity contribution in [2.24, 2.45) is 0 Å². The molecular formula is C12H9F3N2O2. The van der Waals surface area contributed by atoms with Gasteiger partial charge in [-0.1, -0.05) is 5.16 Å². The van der Waals surface area contributed by atoms with Crippen LogP contribution in [-0.2, 0) is 0 Å². The third kappa shape index (κ3) is 2.10. The van der Waals surface area contributed by atoms with Crippen molar-refractivity contribution < 1.29 is 22.8 Å². The molecule has 0 amide bonds. The summed E-state index contributed by atoms with van der Waals surface area (Å²) in [5.41, 5.74) is 0.00581. The molecular weight excluding hydrogens is 261 g/mol. The van der Waals surface area contributed by atoms with E-state index in [1.54, 1.807) is 0 Å². The summed E-state index contributed by atoms with van der Waals surface area (Å²) in [7, 11) is 0. The van der Waals surface area contributed by atoms with Gasteiger partial charge in [-0.2, -0.15) is 4.98 Å². The van der Waals surface area contributed by atoms with Gasteiger partial charge in [0.2, 0.25) is 11.7 Å². The minimum absolute atomic E-state index is 0.00538. The zero-order chi connectivity index (χ0) is 13.6. The van der Waals surface area contributed by atoms with E-state index in [4.69, 9.17) is 4.52 Å². The second-order valence-electron chi connectivity index (χ2n) is 4.53. The maximum absolute atomic E-state index is 13.1. The monoisotopic (exact) mass is 270 g/mol. The van der Waals surface area contributed by atoms with Crippen LogP contribution in [-0.4, -0.2) is 21.4 Å². The Bertz CT molecular complexity index is 600. The molecule has 1 N–H and O–H groups in total. The summed E-state index contributed by atoms with van der Waals surface area (Å²) in [5, 5.41) is 12.8. The van der Waals surface area contributed by atoms with Gasteiger partial charge in [0.25, 0.3) is 0 Å². The number of rotatable bonds is 2. The van der Waals surface area contributed by atoms with E-state index in [2.05, 4.69) is 10.1 Å². The lowest BCUT2D eigenvalue weighted by atomic mass is 9.82. The first-order valence-electron chi connectivity index (χ1n) is 5.71. The molecule has 1 aromatic heterocycles. The number of aliphatic hydroxyl groups is 1. The smallest absolute Gasteiger partial charge is 0.230 e. The van der Waals surface area contributed by atoms with Gasteiger partial charge >= 0.3 is 0 Å². The number of hydrogen-bond acceptors (Lipinski definition) is 4. The molecule has 0 aliphatic heterocycles. The predicted molar refractivity (Wildman–Crippen MR) is 57.6 cm³/mol. The van der Waals surface area contributed by atoms with Crippen molar-refractivity contribution in [3.63, 3.8) is 0 Å². The van der Waals surface area contributed by atoms with Crippen molar-refractivity contribution in [2.75, 3.05) is 0 Å². The summed E-state index contributed by atoms with van der Waals surface area (Å²) < 4.78 is 44.0. The number of aromatic nitrogens is 2. The van der Waals surface area contributed by atoms with Crippen LogP contribution < -0.4 is 0 Å². The summed E-state index contributed by atoms with van der Waals surface area (Å²) in [6, 6.07) is 1.62. The molecule has 0 saturated heterocycles. The van der Waals surface area contributed by atoms with Crippen LogP contribution in [0.3, 0.4) is 0 Å². The second kappa shape index (κ2) is 4.34. The standard InChI is InChI=1S/C12H9F3N2O2/c13-8-3-5(4-9(14)10(8)15)11-16-12(19-17-11)6-1-7(18)2-6/h3-4,6-7,18H,1-2H2. The lowest BCUT2D eigenvalue weighted by Gasteiger charge is -2.27. The highest BCUT2D eigenvalue weighted by molar-refractivity contribution is 5.54. The van der Waals surface area contributed by atoms with Gasteiger partial charge in [-0.25, -0.2) is 13.2 Å². The van der Waals surface area contributed by atoms with Gasteiger partial charge in [-0.05, 0) is 25.0 Å². The fraction of sp³-hybridized carbons (Fsp3) is 0.333. The molecule has 1 aliphatic carbocycles. The lowest BCUT2D eigenvalue weighted by molar-refractivity contribution is 0.0625. The van der Waals surface area contributed by atoms with Crippen LogP contribution in [0.15, 0.2) is 16.7 Å². The van der Waals surface area contributed by atoms with E-state index in [0.717, 1.165) is 12.1 Å². The molecule has 100 valence electrons. The van der Waals surface area contributed by atoms with Crippen molar-refractivity contribution in [3.8, 4) is 11.4 Å². The number of hydrogen-bond donors (Lipinski definition) is 1. The van der Waals surface area contributed by atoms with Gasteiger partial charge in [0.1, 0.15) is 0 Å². The minimum Gasteiger partial charge on any atom is -0.393 e. The molecule has 19 heavy (non-hydrogen) atoms. The zero-order valence-electron chi connectivity index (χ0n) is 9.61. The summed E-state index contributed by atoms with van der Waals surface area (Å²) >= 11 is 0. The molecule has 0 spiro atoms. The summed E-state index contributed by atoms with van der Waals surface area (Å²) in [6.07, 6.45) is 0.669. The molecule has 0 atom stereocenters. The van der Waals surface area contributed by atoms with E-state index in [9.17, 15) is 18.3 Å². The highest BCUT2D eigenvalue weighted by Crippen LogP contribution is 2.36. The molecule has 0 radical (unpaired) electrons. The number of aliphatic hydroxyl groups excluding tert-OH is 1. The quantitative estimate of drug-likeness (QED) is 0.851. The first kappa shape index (κ1) is 12.2. The van der Waals surface area contributed by atoms with Gasteiger partial charge in [0, 0.05) is 11.5 Å². The highest BCUT2D eigenvalue weighted by atomic mass is 19.2. The Labute approximate surface area is 105 Å². The van der Waals surface area contributed by atoms with Gasteiger partial charge in [0.05, 0.1) is 6.10 Å². The normalized spacial score (nSPS) is 22.3. The van der Waals surface area contributed by atoms with E-state index in [0.29, 0.717) is 18.7 Å². The molecule has 1 aliphatic rings. The van der Waals surface area contributed by atoms with Crippen LogP contribution in [0.4, 0.5) is 13.2 Å². The van der Waals surface area contributed by atoms with Crippen LogP contribution in [0.5, 0.6) is 0 Å². The van der Waals surface area contributed by atoms with E-state index in [-0.39, 0.29) is 23.4 Å². The van der Waals surface area contributed by atoms with E-state index in [1.165, 1.54) is 0 Å². The molecule has 1 aromatic carbocycles. The molecule has 4 nitrogen and oxygen atoms in total. The third-order valence-electron chi connectivity index (χ3n) is 3.15. The zero-order valence-corrected chi connectivity index (χ0v) is 9.61. The SMILES string of the molecule is OC1CC(c2nc(-c3cc(F)c(F)c(F)c3)no2)C1. The van der Waals surface area contributed by atoms with Crippen LogP contribution in [0.25, 0.3) is 11.4 Å². The van der Waals surface area contributed by atoms with Crippen LogP contribution in [0.1, 0.15) is 24.7 Å². The van der Waals surface area contributed by atoms with Crippen LogP contribution >= 0.6 is 0 Å². The fourth-order valence-electron chi connectivity index (χ4n) is 1.99. The average molecular weight is 270 g/mol. The van der Waals surface area contributed by atoms with Gasteiger partial charge in [-0.15, -0.1) is 0 Å². The van der Waals surface area contributed by atoms with Gasteiger partial charge in [-0.3, -0.25) is 0 Å². The van der Waals surface area contributed by atoms with Crippen molar-refractivity contribution in [3.05, 3.63) is 35.5 Å². The third-order valence-corrected chi connectivity index (χ3v) is 3.15. The number of benzene rings is 1. The van der Waals surface area contributed by atoms with Crippen LogP contribution in [0.2, 0.25) is 0 Å². The average Bonchev–Trinajstić information content (AvgIpc) is 2.80. The molecule has 0 unspecified atom stereocenters. The molecule has 3 rings (SSSR count). The van der Waals surface area contributed by atoms with Gasteiger partial charge in [0.15, 0.2) is 17.5 Å². The second-order valence-corrected chi connectivity index (χ2v) is 4.53. The summed E-state index contributed by atoms with van der Waals surface area (Å²) in [6.45, 7) is 0. The Morgan fingerprint density at radius 3 is 2.37 bits per heavy atom. The van der Waals surface area contributed by atoms with Gasteiger partial charge < -0.3 is 9.63 Å². The van der Waals surface area contributed by atoms with E-state index in [1.807, 2.05) is 0 Å². The van der Waals surface area contributed by atoms with Crippen molar-refractivity contribution in [1.29, 1.82) is 0 Å².